The van der Waals surface area contributed by atoms with Gasteiger partial charge in [-0.2, -0.15) is 0 Å². The highest BCUT2D eigenvalue weighted by Crippen LogP contribution is 2.26. The Morgan fingerprint density at radius 3 is 2.62 bits per heavy atom. The fourth-order valence-electron chi connectivity index (χ4n) is 2.04. The Hall–Kier alpha value is -0.340. The number of hydrogen-bond acceptors (Lipinski definition) is 2. The molecule has 0 atom stereocenters. The molecule has 1 saturated carbocycles. The van der Waals surface area contributed by atoms with Crippen LogP contribution in [0.3, 0.4) is 0 Å². The standard InChI is InChI=1S/C11H20N2/c1-8-3-11(4-8)13-5-9(2)10-6-12-7-10/h8,11-13H,3-7H2,1-2H3. The van der Waals surface area contributed by atoms with Crippen LogP contribution in [-0.2, 0) is 0 Å². The van der Waals surface area contributed by atoms with Gasteiger partial charge in [0, 0.05) is 25.7 Å². The van der Waals surface area contributed by atoms with Crippen LogP contribution in [0.15, 0.2) is 11.1 Å². The first kappa shape index (κ1) is 9.22. The minimum atomic E-state index is 0.804. The molecule has 74 valence electrons. The average molecular weight is 180 g/mol. The van der Waals surface area contributed by atoms with Crippen molar-refractivity contribution in [3.05, 3.63) is 11.1 Å². The fraction of sp³-hybridized carbons (Fsp3) is 0.818. The summed E-state index contributed by atoms with van der Waals surface area (Å²) in [6.07, 6.45) is 2.75. The molecular formula is C11H20N2. The van der Waals surface area contributed by atoms with Gasteiger partial charge in [0.2, 0.25) is 0 Å². The SMILES string of the molecule is CC(CNC1CC(C)C1)=C1CNC1. The van der Waals surface area contributed by atoms with Crippen LogP contribution in [0.2, 0.25) is 0 Å². The maximum atomic E-state index is 3.61. The Morgan fingerprint density at radius 2 is 2.15 bits per heavy atom. The largest absolute Gasteiger partial charge is 0.310 e. The molecule has 0 bridgehead atoms. The molecule has 2 fully saturated rings. The van der Waals surface area contributed by atoms with E-state index in [9.17, 15) is 0 Å². The van der Waals surface area contributed by atoms with Crippen LogP contribution in [0.25, 0.3) is 0 Å². The van der Waals surface area contributed by atoms with Crippen molar-refractivity contribution in [2.75, 3.05) is 19.6 Å². The van der Waals surface area contributed by atoms with Crippen LogP contribution in [-0.4, -0.2) is 25.7 Å². The third-order valence-corrected chi connectivity index (χ3v) is 3.31. The summed E-state index contributed by atoms with van der Waals surface area (Å²) in [6, 6.07) is 0.804. The van der Waals surface area contributed by atoms with Crippen LogP contribution >= 0.6 is 0 Å². The fourth-order valence-corrected chi connectivity index (χ4v) is 2.04. The van der Waals surface area contributed by atoms with Crippen molar-refractivity contribution < 1.29 is 0 Å². The van der Waals surface area contributed by atoms with Crippen molar-refractivity contribution in [3.63, 3.8) is 0 Å². The summed E-state index contributed by atoms with van der Waals surface area (Å²) in [5.74, 6) is 0.954. The third kappa shape index (κ3) is 2.12. The molecule has 2 nitrogen and oxygen atoms in total. The van der Waals surface area contributed by atoms with E-state index >= 15 is 0 Å². The van der Waals surface area contributed by atoms with Gasteiger partial charge < -0.3 is 10.6 Å². The number of rotatable bonds is 3. The third-order valence-electron chi connectivity index (χ3n) is 3.31. The molecule has 2 heteroatoms. The summed E-state index contributed by atoms with van der Waals surface area (Å²) >= 11 is 0. The van der Waals surface area contributed by atoms with Gasteiger partial charge in [-0.25, -0.2) is 0 Å². The lowest BCUT2D eigenvalue weighted by molar-refractivity contribution is 0.246. The Kier molecular flexibility index (Phi) is 2.70. The molecule has 0 aromatic heterocycles. The van der Waals surface area contributed by atoms with E-state index in [2.05, 4.69) is 24.5 Å². The molecule has 1 heterocycles. The van der Waals surface area contributed by atoms with Gasteiger partial charge in [0.1, 0.15) is 0 Å². The molecule has 0 aromatic carbocycles. The molecule has 1 aliphatic carbocycles. The second-order valence-corrected chi connectivity index (χ2v) is 4.64. The predicted molar refractivity (Wildman–Crippen MR) is 55.8 cm³/mol. The molecule has 2 rings (SSSR count). The normalized spacial score (nSPS) is 32.3. The van der Waals surface area contributed by atoms with E-state index in [1.54, 1.807) is 11.1 Å². The van der Waals surface area contributed by atoms with Gasteiger partial charge in [-0.15, -0.1) is 0 Å². The van der Waals surface area contributed by atoms with Crippen molar-refractivity contribution in [3.8, 4) is 0 Å². The van der Waals surface area contributed by atoms with Crippen LogP contribution in [0.4, 0.5) is 0 Å². The molecule has 2 aliphatic rings. The lowest BCUT2D eigenvalue weighted by Gasteiger charge is -2.34. The monoisotopic (exact) mass is 180 g/mol. The number of nitrogens with one attached hydrogen (secondary N) is 2. The Balaban J connectivity index is 1.67. The van der Waals surface area contributed by atoms with Crippen molar-refractivity contribution >= 4 is 0 Å². The van der Waals surface area contributed by atoms with E-state index in [0.717, 1.165) is 31.6 Å². The molecule has 0 aromatic rings. The van der Waals surface area contributed by atoms with Gasteiger partial charge >= 0.3 is 0 Å². The smallest absolute Gasteiger partial charge is 0.0183 e. The summed E-state index contributed by atoms with van der Waals surface area (Å²) < 4.78 is 0. The molecular weight excluding hydrogens is 160 g/mol. The molecule has 0 spiro atoms. The summed E-state index contributed by atoms with van der Waals surface area (Å²) in [5, 5.41) is 6.89. The van der Waals surface area contributed by atoms with Crippen molar-refractivity contribution in [2.45, 2.75) is 32.7 Å². The second kappa shape index (κ2) is 3.81. The minimum Gasteiger partial charge on any atom is -0.310 e. The van der Waals surface area contributed by atoms with E-state index in [-0.39, 0.29) is 0 Å². The summed E-state index contributed by atoms with van der Waals surface area (Å²) in [5.41, 5.74) is 3.16. The zero-order chi connectivity index (χ0) is 9.26. The molecule has 2 N–H and O–H groups in total. The van der Waals surface area contributed by atoms with Crippen LogP contribution < -0.4 is 10.6 Å². The van der Waals surface area contributed by atoms with Crippen LogP contribution in [0, 0.1) is 5.92 Å². The minimum absolute atomic E-state index is 0.804. The first-order valence-corrected chi connectivity index (χ1v) is 5.37. The zero-order valence-electron chi connectivity index (χ0n) is 8.69. The Bertz CT molecular complexity index is 208. The summed E-state index contributed by atoms with van der Waals surface area (Å²) in [6.45, 7) is 7.93. The van der Waals surface area contributed by atoms with Crippen LogP contribution in [0.5, 0.6) is 0 Å². The van der Waals surface area contributed by atoms with Gasteiger partial charge in [0.05, 0.1) is 0 Å². The second-order valence-electron chi connectivity index (χ2n) is 4.64. The Labute approximate surface area is 80.8 Å². The van der Waals surface area contributed by atoms with Gasteiger partial charge in [0.15, 0.2) is 0 Å². The molecule has 1 aliphatic heterocycles. The summed E-state index contributed by atoms with van der Waals surface area (Å²) in [7, 11) is 0. The predicted octanol–water partition coefficient (Wildman–Crippen LogP) is 1.29. The van der Waals surface area contributed by atoms with E-state index in [4.69, 9.17) is 0 Å². The Morgan fingerprint density at radius 1 is 1.46 bits per heavy atom. The first-order chi connectivity index (χ1) is 6.25. The van der Waals surface area contributed by atoms with E-state index in [1.165, 1.54) is 12.8 Å². The maximum Gasteiger partial charge on any atom is 0.0183 e. The summed E-state index contributed by atoms with van der Waals surface area (Å²) in [4.78, 5) is 0. The van der Waals surface area contributed by atoms with Crippen molar-refractivity contribution in [1.82, 2.24) is 10.6 Å². The lowest BCUT2D eigenvalue weighted by atomic mass is 9.82. The maximum absolute atomic E-state index is 3.61. The van der Waals surface area contributed by atoms with Crippen molar-refractivity contribution in [1.29, 1.82) is 0 Å². The van der Waals surface area contributed by atoms with E-state index in [0.29, 0.717) is 0 Å². The quantitative estimate of drug-likeness (QED) is 0.640. The van der Waals surface area contributed by atoms with Crippen molar-refractivity contribution in [2.24, 2.45) is 5.92 Å². The first-order valence-electron chi connectivity index (χ1n) is 5.37. The topological polar surface area (TPSA) is 24.1 Å². The molecule has 1 saturated heterocycles. The highest BCUT2D eigenvalue weighted by molar-refractivity contribution is 5.22. The molecule has 0 radical (unpaired) electrons. The molecule has 0 unspecified atom stereocenters. The van der Waals surface area contributed by atoms with Gasteiger partial charge in [0.25, 0.3) is 0 Å². The lowest BCUT2D eigenvalue weighted by Crippen LogP contribution is -2.42. The van der Waals surface area contributed by atoms with Gasteiger partial charge in [-0.3, -0.25) is 0 Å². The van der Waals surface area contributed by atoms with Gasteiger partial charge in [-0.1, -0.05) is 12.5 Å². The molecule has 13 heavy (non-hydrogen) atoms. The number of hydrogen-bond donors (Lipinski definition) is 2. The zero-order valence-corrected chi connectivity index (χ0v) is 8.69. The van der Waals surface area contributed by atoms with Crippen LogP contribution in [0.1, 0.15) is 26.7 Å². The molecule has 0 amide bonds. The van der Waals surface area contributed by atoms with E-state index < -0.39 is 0 Å². The highest BCUT2D eigenvalue weighted by atomic mass is 15.0. The average Bonchev–Trinajstić information content (AvgIpc) is 1.92. The van der Waals surface area contributed by atoms with E-state index in [1.807, 2.05) is 0 Å². The highest BCUT2D eigenvalue weighted by Gasteiger charge is 2.24. The van der Waals surface area contributed by atoms with Gasteiger partial charge in [-0.05, 0) is 31.3 Å².